The van der Waals surface area contributed by atoms with E-state index < -0.39 is 0 Å². The maximum Gasteiger partial charge on any atom is 0.183 e. The fraction of sp³-hybridized carbons (Fsp3) is 0.500. The smallest absolute Gasteiger partial charge is 0.183 e. The molecule has 0 bridgehead atoms. The van der Waals surface area contributed by atoms with Gasteiger partial charge in [-0.25, -0.2) is 4.98 Å². The molecule has 0 spiro atoms. The van der Waals surface area contributed by atoms with E-state index in [0.29, 0.717) is 0 Å². The summed E-state index contributed by atoms with van der Waals surface area (Å²) in [5.41, 5.74) is 7.79. The molecule has 0 saturated carbocycles. The van der Waals surface area contributed by atoms with Gasteiger partial charge in [0, 0.05) is 18.8 Å². The summed E-state index contributed by atoms with van der Waals surface area (Å²) in [6, 6.07) is 5.84. The highest BCUT2D eigenvalue weighted by Gasteiger charge is 2.19. The highest BCUT2D eigenvalue weighted by molar-refractivity contribution is 7.22. The predicted octanol–water partition coefficient (Wildman–Crippen LogP) is 2.88. The Morgan fingerprint density at radius 1 is 1.37 bits per heavy atom. The van der Waals surface area contributed by atoms with E-state index in [1.807, 2.05) is 18.2 Å². The van der Waals surface area contributed by atoms with E-state index in [9.17, 15) is 0 Å². The first-order valence-electron chi connectivity index (χ1n) is 6.40. The molecule has 19 heavy (non-hydrogen) atoms. The second kappa shape index (κ2) is 5.35. The van der Waals surface area contributed by atoms with Crippen LogP contribution < -0.4 is 11.1 Å². The third kappa shape index (κ3) is 3.81. The number of nitrogens with one attached hydrogen (secondary N) is 1. The minimum atomic E-state index is 0.209. The van der Waals surface area contributed by atoms with E-state index in [2.05, 4.69) is 43.1 Å². The summed E-state index contributed by atoms with van der Waals surface area (Å²) >= 11 is 1.66. The first-order chi connectivity index (χ1) is 8.85. The molecule has 2 rings (SSSR count). The Morgan fingerprint density at radius 2 is 2.11 bits per heavy atom. The number of nitrogens with two attached hydrogens (primary N) is 1. The molecule has 0 saturated heterocycles. The molecule has 2 aromatic rings. The number of thiazole rings is 1. The Balaban J connectivity index is 2.05. The zero-order valence-electron chi connectivity index (χ0n) is 12.0. The molecule has 104 valence electrons. The number of aromatic nitrogens is 1. The highest BCUT2D eigenvalue weighted by atomic mass is 32.1. The van der Waals surface area contributed by atoms with Crippen molar-refractivity contribution in [1.29, 1.82) is 0 Å². The van der Waals surface area contributed by atoms with Gasteiger partial charge in [-0.05, 0) is 37.7 Å². The minimum absolute atomic E-state index is 0.209. The van der Waals surface area contributed by atoms with Gasteiger partial charge in [0.05, 0.1) is 10.2 Å². The van der Waals surface area contributed by atoms with Crippen LogP contribution in [0.4, 0.5) is 10.8 Å². The molecule has 4 nitrogen and oxygen atoms in total. The Bertz CT molecular complexity index is 560. The van der Waals surface area contributed by atoms with Gasteiger partial charge in [-0.3, -0.25) is 0 Å². The molecule has 3 N–H and O–H groups in total. The van der Waals surface area contributed by atoms with Crippen molar-refractivity contribution in [1.82, 2.24) is 9.88 Å². The standard InChI is InChI=1S/C14H22N4S/c1-14(2,9-18(3)4)8-16-13-17-11-6-5-10(15)7-12(11)19-13/h5-7H,8-9,15H2,1-4H3,(H,16,17). The fourth-order valence-corrected chi connectivity index (χ4v) is 3.15. The van der Waals surface area contributed by atoms with Crippen molar-refractivity contribution in [2.24, 2.45) is 5.41 Å². The molecule has 1 heterocycles. The van der Waals surface area contributed by atoms with Gasteiger partial charge in [-0.1, -0.05) is 25.2 Å². The Labute approximate surface area is 118 Å². The van der Waals surface area contributed by atoms with Gasteiger partial charge in [0.1, 0.15) is 0 Å². The maximum atomic E-state index is 5.78. The normalized spacial score (nSPS) is 12.3. The summed E-state index contributed by atoms with van der Waals surface area (Å²) in [7, 11) is 4.20. The molecule has 0 amide bonds. The van der Waals surface area contributed by atoms with E-state index in [0.717, 1.165) is 34.1 Å². The first-order valence-corrected chi connectivity index (χ1v) is 7.22. The average molecular weight is 278 g/mol. The maximum absolute atomic E-state index is 5.78. The van der Waals surface area contributed by atoms with E-state index in [4.69, 9.17) is 5.73 Å². The molecule has 0 unspecified atom stereocenters. The zero-order chi connectivity index (χ0) is 14.0. The summed E-state index contributed by atoms with van der Waals surface area (Å²) in [4.78, 5) is 6.78. The number of nitrogens with zero attached hydrogens (tertiary/aromatic N) is 2. The first kappa shape index (κ1) is 14.1. The number of hydrogen-bond acceptors (Lipinski definition) is 5. The Kier molecular flexibility index (Phi) is 3.96. The van der Waals surface area contributed by atoms with Gasteiger partial charge in [-0.15, -0.1) is 0 Å². The number of anilines is 2. The quantitative estimate of drug-likeness (QED) is 0.826. The van der Waals surface area contributed by atoms with E-state index in [-0.39, 0.29) is 5.41 Å². The van der Waals surface area contributed by atoms with Gasteiger partial charge in [0.15, 0.2) is 5.13 Å². The highest BCUT2D eigenvalue weighted by Crippen LogP contribution is 2.28. The lowest BCUT2D eigenvalue weighted by atomic mass is 9.93. The van der Waals surface area contributed by atoms with Crippen molar-refractivity contribution in [2.75, 3.05) is 38.2 Å². The van der Waals surface area contributed by atoms with Crippen molar-refractivity contribution in [3.63, 3.8) is 0 Å². The molecule has 0 radical (unpaired) electrons. The number of nitrogen functional groups attached to an aromatic ring is 1. The minimum Gasteiger partial charge on any atom is -0.399 e. The lowest BCUT2D eigenvalue weighted by Crippen LogP contribution is -2.34. The van der Waals surface area contributed by atoms with Gasteiger partial charge < -0.3 is 16.0 Å². The van der Waals surface area contributed by atoms with Crippen LogP contribution in [-0.4, -0.2) is 37.1 Å². The Morgan fingerprint density at radius 3 is 2.79 bits per heavy atom. The molecule has 5 heteroatoms. The van der Waals surface area contributed by atoms with Crippen LogP contribution in [0.25, 0.3) is 10.2 Å². The molecule has 0 aliphatic rings. The molecular weight excluding hydrogens is 256 g/mol. The van der Waals surface area contributed by atoms with Crippen LogP contribution in [0.2, 0.25) is 0 Å². The largest absolute Gasteiger partial charge is 0.399 e. The number of benzene rings is 1. The summed E-state index contributed by atoms with van der Waals surface area (Å²) < 4.78 is 1.13. The number of hydrogen-bond donors (Lipinski definition) is 2. The van der Waals surface area contributed by atoms with E-state index >= 15 is 0 Å². The molecule has 0 fully saturated rings. The van der Waals surface area contributed by atoms with Crippen molar-refractivity contribution >= 4 is 32.4 Å². The zero-order valence-corrected chi connectivity index (χ0v) is 12.8. The Hall–Kier alpha value is -1.33. The number of fused-ring (bicyclic) bond motifs is 1. The van der Waals surface area contributed by atoms with Gasteiger partial charge in [-0.2, -0.15) is 0 Å². The second-order valence-electron chi connectivity index (χ2n) is 6.00. The lowest BCUT2D eigenvalue weighted by molar-refractivity contribution is 0.254. The molecule has 0 atom stereocenters. The van der Waals surface area contributed by atoms with Crippen LogP contribution in [0.3, 0.4) is 0 Å². The molecule has 0 aliphatic heterocycles. The van der Waals surface area contributed by atoms with Crippen LogP contribution in [0.1, 0.15) is 13.8 Å². The third-order valence-electron chi connectivity index (χ3n) is 2.87. The summed E-state index contributed by atoms with van der Waals surface area (Å²) in [6.07, 6.45) is 0. The second-order valence-corrected chi connectivity index (χ2v) is 7.03. The third-order valence-corrected chi connectivity index (χ3v) is 3.85. The molecule has 1 aromatic heterocycles. The topological polar surface area (TPSA) is 54.2 Å². The SMILES string of the molecule is CN(C)CC(C)(C)CNc1nc2ccc(N)cc2s1. The van der Waals surface area contributed by atoms with Crippen molar-refractivity contribution < 1.29 is 0 Å². The van der Waals surface area contributed by atoms with Crippen LogP contribution in [0.5, 0.6) is 0 Å². The van der Waals surface area contributed by atoms with Crippen molar-refractivity contribution in [2.45, 2.75) is 13.8 Å². The number of rotatable bonds is 5. The van der Waals surface area contributed by atoms with Gasteiger partial charge in [0.2, 0.25) is 0 Å². The summed E-state index contributed by atoms with van der Waals surface area (Å²) in [5.74, 6) is 0. The van der Waals surface area contributed by atoms with Crippen LogP contribution in [0, 0.1) is 5.41 Å². The summed E-state index contributed by atoms with van der Waals surface area (Å²) in [6.45, 7) is 6.45. The molecular formula is C14H22N4S. The van der Waals surface area contributed by atoms with Crippen LogP contribution in [0.15, 0.2) is 18.2 Å². The van der Waals surface area contributed by atoms with Crippen LogP contribution >= 0.6 is 11.3 Å². The molecule has 1 aromatic carbocycles. The van der Waals surface area contributed by atoms with Gasteiger partial charge >= 0.3 is 0 Å². The van der Waals surface area contributed by atoms with Gasteiger partial charge in [0.25, 0.3) is 0 Å². The van der Waals surface area contributed by atoms with E-state index in [1.165, 1.54) is 0 Å². The van der Waals surface area contributed by atoms with Crippen LogP contribution in [-0.2, 0) is 0 Å². The monoisotopic (exact) mass is 278 g/mol. The summed E-state index contributed by atoms with van der Waals surface area (Å²) in [5, 5.41) is 4.40. The van der Waals surface area contributed by atoms with Crippen molar-refractivity contribution in [3.05, 3.63) is 18.2 Å². The average Bonchev–Trinajstić information content (AvgIpc) is 2.66. The molecule has 0 aliphatic carbocycles. The predicted molar refractivity (Wildman–Crippen MR) is 84.9 cm³/mol. The van der Waals surface area contributed by atoms with E-state index in [1.54, 1.807) is 11.3 Å². The lowest BCUT2D eigenvalue weighted by Gasteiger charge is -2.28. The fourth-order valence-electron chi connectivity index (χ4n) is 2.24. The van der Waals surface area contributed by atoms with Crippen molar-refractivity contribution in [3.8, 4) is 0 Å².